The van der Waals surface area contributed by atoms with Gasteiger partial charge in [0.2, 0.25) is 5.91 Å². The average Bonchev–Trinajstić information content (AvgIpc) is 2.52. The molecule has 0 saturated heterocycles. The largest absolute Gasteiger partial charge is 0.493 e. The normalized spacial score (nSPS) is 23.5. The molecule has 0 bridgehead atoms. The third kappa shape index (κ3) is 4.73. The standard InChI is InChI=1S/C19H27NO4/c1-14-8-3-4-10-16(14)24-13-7-11-17(21)20-19(2)12-6-5-9-15(19)18(22)23/h3-4,8,10,15H,5-7,9,11-13H2,1-2H3,(H,20,21)(H,22,23). The quantitative estimate of drug-likeness (QED) is 0.751. The van der Waals surface area contributed by atoms with Gasteiger partial charge in [-0.05, 0) is 44.7 Å². The van der Waals surface area contributed by atoms with Gasteiger partial charge in [0.1, 0.15) is 5.75 Å². The molecule has 132 valence electrons. The van der Waals surface area contributed by atoms with Gasteiger partial charge in [0.15, 0.2) is 0 Å². The molecule has 24 heavy (non-hydrogen) atoms. The highest BCUT2D eigenvalue weighted by Crippen LogP contribution is 2.34. The molecule has 5 heteroatoms. The van der Waals surface area contributed by atoms with Crippen molar-refractivity contribution in [3.8, 4) is 5.75 Å². The van der Waals surface area contributed by atoms with Gasteiger partial charge in [-0.1, -0.05) is 31.0 Å². The molecule has 2 rings (SSSR count). The van der Waals surface area contributed by atoms with Gasteiger partial charge in [-0.15, -0.1) is 0 Å². The van der Waals surface area contributed by atoms with Crippen LogP contribution in [0.25, 0.3) is 0 Å². The fraction of sp³-hybridized carbons (Fsp3) is 0.579. The lowest BCUT2D eigenvalue weighted by Gasteiger charge is -2.39. The van der Waals surface area contributed by atoms with Crippen molar-refractivity contribution >= 4 is 11.9 Å². The molecule has 0 aliphatic heterocycles. The van der Waals surface area contributed by atoms with Crippen LogP contribution in [-0.4, -0.2) is 29.1 Å². The second kappa shape index (κ2) is 8.18. The van der Waals surface area contributed by atoms with Crippen molar-refractivity contribution in [1.82, 2.24) is 5.32 Å². The van der Waals surface area contributed by atoms with Gasteiger partial charge < -0.3 is 15.2 Å². The van der Waals surface area contributed by atoms with Crippen molar-refractivity contribution in [1.29, 1.82) is 0 Å². The van der Waals surface area contributed by atoms with E-state index in [1.54, 1.807) is 0 Å². The van der Waals surface area contributed by atoms with Crippen molar-refractivity contribution in [3.63, 3.8) is 0 Å². The number of hydrogen-bond acceptors (Lipinski definition) is 3. The van der Waals surface area contributed by atoms with E-state index in [0.29, 0.717) is 25.9 Å². The third-order valence-corrected chi connectivity index (χ3v) is 4.83. The van der Waals surface area contributed by atoms with E-state index in [2.05, 4.69) is 5.32 Å². The Bertz CT molecular complexity index is 586. The molecule has 0 aromatic heterocycles. The van der Waals surface area contributed by atoms with E-state index < -0.39 is 17.4 Å². The van der Waals surface area contributed by atoms with Crippen molar-refractivity contribution < 1.29 is 19.4 Å². The van der Waals surface area contributed by atoms with Crippen molar-refractivity contribution in [2.75, 3.05) is 6.61 Å². The van der Waals surface area contributed by atoms with E-state index in [1.165, 1.54) is 0 Å². The zero-order valence-electron chi connectivity index (χ0n) is 14.5. The number of carboxylic acids is 1. The first-order valence-electron chi connectivity index (χ1n) is 8.64. The number of carbonyl (C=O) groups is 2. The maximum absolute atomic E-state index is 12.2. The number of amides is 1. The molecular weight excluding hydrogens is 306 g/mol. The molecule has 5 nitrogen and oxygen atoms in total. The molecule has 2 atom stereocenters. The number of carbonyl (C=O) groups excluding carboxylic acids is 1. The summed E-state index contributed by atoms with van der Waals surface area (Å²) in [6, 6.07) is 7.78. The summed E-state index contributed by atoms with van der Waals surface area (Å²) in [5, 5.41) is 12.3. The summed E-state index contributed by atoms with van der Waals surface area (Å²) < 4.78 is 5.69. The Morgan fingerprint density at radius 2 is 2.08 bits per heavy atom. The monoisotopic (exact) mass is 333 g/mol. The zero-order valence-corrected chi connectivity index (χ0v) is 14.5. The first-order chi connectivity index (χ1) is 11.4. The molecular formula is C19H27NO4. The number of benzene rings is 1. The van der Waals surface area contributed by atoms with E-state index in [-0.39, 0.29) is 5.91 Å². The van der Waals surface area contributed by atoms with Crippen LogP contribution in [0.5, 0.6) is 5.75 Å². The molecule has 0 heterocycles. The van der Waals surface area contributed by atoms with E-state index in [4.69, 9.17) is 4.74 Å². The molecule has 2 unspecified atom stereocenters. The van der Waals surface area contributed by atoms with Gasteiger partial charge in [-0.3, -0.25) is 9.59 Å². The van der Waals surface area contributed by atoms with E-state index in [0.717, 1.165) is 30.6 Å². The average molecular weight is 333 g/mol. The molecule has 0 spiro atoms. The molecule has 1 fully saturated rings. The first kappa shape index (κ1) is 18.3. The molecule has 1 saturated carbocycles. The molecule has 1 aromatic carbocycles. The Kier molecular flexibility index (Phi) is 6.23. The minimum absolute atomic E-state index is 0.0981. The Labute approximate surface area is 143 Å². The lowest BCUT2D eigenvalue weighted by atomic mass is 9.74. The highest BCUT2D eigenvalue weighted by molar-refractivity contribution is 5.79. The molecule has 1 amide bonds. The van der Waals surface area contributed by atoms with Crippen LogP contribution in [0.15, 0.2) is 24.3 Å². The second-order valence-corrected chi connectivity index (χ2v) is 6.82. The van der Waals surface area contributed by atoms with Crippen LogP contribution in [0.4, 0.5) is 0 Å². The second-order valence-electron chi connectivity index (χ2n) is 6.82. The summed E-state index contributed by atoms with van der Waals surface area (Å²) in [4.78, 5) is 23.6. The summed E-state index contributed by atoms with van der Waals surface area (Å²) in [5.74, 6) is -0.582. The SMILES string of the molecule is Cc1ccccc1OCCCC(=O)NC1(C)CCCCC1C(=O)O. The molecule has 1 aromatic rings. The molecule has 1 aliphatic rings. The Balaban J connectivity index is 1.78. The number of rotatable bonds is 7. The summed E-state index contributed by atoms with van der Waals surface area (Å²) in [6.45, 7) is 4.31. The summed E-state index contributed by atoms with van der Waals surface area (Å²) >= 11 is 0. The number of aliphatic carboxylic acids is 1. The highest BCUT2D eigenvalue weighted by Gasteiger charge is 2.41. The van der Waals surface area contributed by atoms with Crippen LogP contribution in [0, 0.1) is 12.8 Å². The maximum atomic E-state index is 12.2. The maximum Gasteiger partial charge on any atom is 0.308 e. The van der Waals surface area contributed by atoms with E-state index in [9.17, 15) is 14.7 Å². The number of hydrogen-bond donors (Lipinski definition) is 2. The van der Waals surface area contributed by atoms with Crippen LogP contribution in [0.2, 0.25) is 0 Å². The molecule has 2 N–H and O–H groups in total. The number of carboxylic acid groups (broad SMARTS) is 1. The lowest BCUT2D eigenvalue weighted by Crippen LogP contribution is -2.55. The number of aryl methyl sites for hydroxylation is 1. The van der Waals surface area contributed by atoms with Gasteiger partial charge in [0, 0.05) is 6.42 Å². The third-order valence-electron chi connectivity index (χ3n) is 4.83. The zero-order chi connectivity index (χ0) is 17.6. The molecule has 1 aliphatic carbocycles. The fourth-order valence-corrected chi connectivity index (χ4v) is 3.39. The summed E-state index contributed by atoms with van der Waals surface area (Å²) in [6.07, 6.45) is 4.16. The minimum atomic E-state index is -0.819. The van der Waals surface area contributed by atoms with E-state index >= 15 is 0 Å². The van der Waals surface area contributed by atoms with Gasteiger partial charge in [0.05, 0.1) is 18.1 Å². The number of para-hydroxylation sites is 1. The first-order valence-corrected chi connectivity index (χ1v) is 8.64. The highest BCUT2D eigenvalue weighted by atomic mass is 16.5. The van der Waals surface area contributed by atoms with Crippen LogP contribution in [0.1, 0.15) is 51.0 Å². The van der Waals surface area contributed by atoms with E-state index in [1.807, 2.05) is 38.1 Å². The van der Waals surface area contributed by atoms with Crippen LogP contribution < -0.4 is 10.1 Å². The number of ether oxygens (including phenoxy) is 1. The van der Waals surface area contributed by atoms with Crippen LogP contribution in [0.3, 0.4) is 0 Å². The fourth-order valence-electron chi connectivity index (χ4n) is 3.39. The van der Waals surface area contributed by atoms with Gasteiger partial charge in [-0.2, -0.15) is 0 Å². The summed E-state index contributed by atoms with van der Waals surface area (Å²) in [7, 11) is 0. The minimum Gasteiger partial charge on any atom is -0.493 e. The Morgan fingerprint density at radius 1 is 1.33 bits per heavy atom. The number of nitrogens with one attached hydrogen (secondary N) is 1. The van der Waals surface area contributed by atoms with Crippen LogP contribution in [-0.2, 0) is 9.59 Å². The van der Waals surface area contributed by atoms with Crippen molar-refractivity contribution in [3.05, 3.63) is 29.8 Å². The smallest absolute Gasteiger partial charge is 0.308 e. The van der Waals surface area contributed by atoms with Crippen molar-refractivity contribution in [2.24, 2.45) is 5.92 Å². The Morgan fingerprint density at radius 3 is 2.79 bits per heavy atom. The van der Waals surface area contributed by atoms with Gasteiger partial charge in [0.25, 0.3) is 0 Å². The van der Waals surface area contributed by atoms with Crippen molar-refractivity contribution in [2.45, 2.75) is 57.9 Å². The van der Waals surface area contributed by atoms with Gasteiger partial charge >= 0.3 is 5.97 Å². The molecule has 0 radical (unpaired) electrons. The topological polar surface area (TPSA) is 75.6 Å². The predicted octanol–water partition coefficient (Wildman–Crippen LogP) is 3.30. The Hall–Kier alpha value is -2.04. The predicted molar refractivity (Wildman–Crippen MR) is 92.0 cm³/mol. The summed E-state index contributed by atoms with van der Waals surface area (Å²) in [5.41, 5.74) is 0.430. The lowest BCUT2D eigenvalue weighted by molar-refractivity contribution is -0.146. The van der Waals surface area contributed by atoms with Crippen LogP contribution >= 0.6 is 0 Å². The van der Waals surface area contributed by atoms with Gasteiger partial charge in [-0.25, -0.2) is 0 Å².